The molecule has 0 saturated heterocycles. The summed E-state index contributed by atoms with van der Waals surface area (Å²) in [5, 5.41) is 0. The van der Waals surface area contributed by atoms with Crippen molar-refractivity contribution in [3.05, 3.63) is 30.3 Å². The predicted molar refractivity (Wildman–Crippen MR) is 67.9 cm³/mol. The second kappa shape index (κ2) is 6.00. The topological polar surface area (TPSA) is 0 Å². The molecule has 15 heavy (non-hydrogen) atoms. The van der Waals surface area contributed by atoms with Gasteiger partial charge in [-0.3, -0.25) is 0 Å². The van der Waals surface area contributed by atoms with Gasteiger partial charge < -0.3 is 0 Å². The van der Waals surface area contributed by atoms with Gasteiger partial charge in [-0.1, -0.05) is 86.6 Å². The van der Waals surface area contributed by atoms with Crippen molar-refractivity contribution in [2.45, 2.75) is 50.8 Å². The SMILES string of the molecule is [B](c1ccccc1)C1CCCCCCC1. The molecule has 1 saturated carbocycles. The van der Waals surface area contributed by atoms with Gasteiger partial charge in [0.1, 0.15) is 0 Å². The van der Waals surface area contributed by atoms with Gasteiger partial charge in [0, 0.05) is 0 Å². The Kier molecular flexibility index (Phi) is 4.31. The summed E-state index contributed by atoms with van der Waals surface area (Å²) in [7, 11) is 2.48. The van der Waals surface area contributed by atoms with Gasteiger partial charge >= 0.3 is 0 Å². The molecule has 0 bridgehead atoms. The molecule has 0 aliphatic heterocycles. The molecule has 0 spiro atoms. The van der Waals surface area contributed by atoms with E-state index in [1.165, 1.54) is 50.4 Å². The largest absolute Gasteiger partial charge is 0.154 e. The highest BCUT2D eigenvalue weighted by molar-refractivity contribution is 6.54. The van der Waals surface area contributed by atoms with Crippen LogP contribution in [0, 0.1) is 0 Å². The maximum Gasteiger partial charge on any atom is 0.154 e. The van der Waals surface area contributed by atoms with Crippen LogP contribution in [0.2, 0.25) is 5.82 Å². The van der Waals surface area contributed by atoms with Crippen molar-refractivity contribution in [1.29, 1.82) is 0 Å². The number of benzene rings is 1. The lowest BCUT2D eigenvalue weighted by Crippen LogP contribution is -2.19. The van der Waals surface area contributed by atoms with Gasteiger partial charge in [-0.25, -0.2) is 0 Å². The maximum atomic E-state index is 2.48. The Bertz CT molecular complexity index is 260. The Morgan fingerprint density at radius 3 is 2.07 bits per heavy atom. The van der Waals surface area contributed by atoms with Gasteiger partial charge in [0.15, 0.2) is 7.28 Å². The van der Waals surface area contributed by atoms with Crippen molar-refractivity contribution in [3.63, 3.8) is 0 Å². The molecule has 0 heterocycles. The van der Waals surface area contributed by atoms with E-state index in [0.29, 0.717) is 0 Å². The van der Waals surface area contributed by atoms with Crippen LogP contribution >= 0.6 is 0 Å². The third-order valence-electron chi connectivity index (χ3n) is 3.38. The molecule has 1 fully saturated rings. The van der Waals surface area contributed by atoms with Gasteiger partial charge in [-0.2, -0.15) is 0 Å². The molecule has 1 aromatic rings. The third kappa shape index (κ3) is 3.73. The fourth-order valence-electron chi connectivity index (χ4n) is 2.49. The van der Waals surface area contributed by atoms with Gasteiger partial charge in [0.25, 0.3) is 0 Å². The van der Waals surface area contributed by atoms with Crippen molar-refractivity contribution in [2.24, 2.45) is 0 Å². The molecule has 1 radical (unpaired) electrons. The van der Waals surface area contributed by atoms with Gasteiger partial charge in [0.05, 0.1) is 0 Å². The highest BCUT2D eigenvalue weighted by Gasteiger charge is 2.12. The summed E-state index contributed by atoms with van der Waals surface area (Å²) < 4.78 is 0. The summed E-state index contributed by atoms with van der Waals surface area (Å²) in [6, 6.07) is 10.8. The van der Waals surface area contributed by atoms with Crippen molar-refractivity contribution in [3.8, 4) is 0 Å². The summed E-state index contributed by atoms with van der Waals surface area (Å²) in [6.45, 7) is 0. The molecule has 0 nitrogen and oxygen atoms in total. The minimum Gasteiger partial charge on any atom is -0.0875 e. The van der Waals surface area contributed by atoms with Crippen molar-refractivity contribution < 1.29 is 0 Å². The van der Waals surface area contributed by atoms with E-state index in [2.05, 4.69) is 37.6 Å². The molecule has 0 N–H and O–H groups in total. The van der Waals surface area contributed by atoms with Crippen LogP contribution in [0.25, 0.3) is 0 Å². The zero-order chi connectivity index (χ0) is 10.3. The van der Waals surface area contributed by atoms with E-state index in [1.807, 2.05) is 0 Å². The molecule has 1 aliphatic rings. The van der Waals surface area contributed by atoms with Gasteiger partial charge in [0.2, 0.25) is 0 Å². The Hall–Kier alpha value is -0.715. The first-order valence-electron chi connectivity index (χ1n) is 6.35. The van der Waals surface area contributed by atoms with Crippen molar-refractivity contribution in [2.75, 3.05) is 0 Å². The lowest BCUT2D eigenvalue weighted by atomic mass is 9.56. The molecule has 1 aromatic carbocycles. The lowest BCUT2D eigenvalue weighted by molar-refractivity contribution is 0.502. The average molecular weight is 199 g/mol. The van der Waals surface area contributed by atoms with Crippen LogP contribution in [0.5, 0.6) is 0 Å². The maximum absolute atomic E-state index is 2.48. The first-order chi connectivity index (χ1) is 7.45. The minimum atomic E-state index is 0.827. The van der Waals surface area contributed by atoms with Gasteiger partial charge in [-0.05, 0) is 0 Å². The van der Waals surface area contributed by atoms with E-state index in [1.54, 1.807) is 0 Å². The third-order valence-corrected chi connectivity index (χ3v) is 3.38. The van der Waals surface area contributed by atoms with Crippen molar-refractivity contribution >= 4 is 12.7 Å². The van der Waals surface area contributed by atoms with Crippen LogP contribution in [0.1, 0.15) is 44.9 Å². The van der Waals surface area contributed by atoms with E-state index >= 15 is 0 Å². The van der Waals surface area contributed by atoms with Crippen LogP contribution in [0.3, 0.4) is 0 Å². The summed E-state index contributed by atoms with van der Waals surface area (Å²) in [6.07, 6.45) is 9.99. The number of hydrogen-bond donors (Lipinski definition) is 0. The molecular formula is C14H20B. The monoisotopic (exact) mass is 199 g/mol. The summed E-state index contributed by atoms with van der Waals surface area (Å²) in [5.74, 6) is 0.827. The Morgan fingerprint density at radius 2 is 1.40 bits per heavy atom. The Labute approximate surface area is 94.3 Å². The Morgan fingerprint density at radius 1 is 0.800 bits per heavy atom. The first kappa shape index (κ1) is 10.8. The normalized spacial score (nSPS) is 19.2. The van der Waals surface area contributed by atoms with E-state index in [4.69, 9.17) is 0 Å². The van der Waals surface area contributed by atoms with E-state index in [9.17, 15) is 0 Å². The van der Waals surface area contributed by atoms with E-state index in [-0.39, 0.29) is 0 Å². The molecule has 1 aliphatic carbocycles. The van der Waals surface area contributed by atoms with Crippen LogP contribution in [0.15, 0.2) is 30.3 Å². The molecular weight excluding hydrogens is 179 g/mol. The second-order valence-electron chi connectivity index (χ2n) is 4.68. The first-order valence-corrected chi connectivity index (χ1v) is 6.35. The standard InChI is InChI=1S/C14H20B/c1-2-5-9-13(10-6-3-1)15-14-11-7-4-8-12-14/h4,7-8,11-13H,1-3,5-6,9-10H2. The number of rotatable bonds is 2. The quantitative estimate of drug-likeness (QED) is 0.639. The zero-order valence-corrected chi connectivity index (χ0v) is 9.49. The summed E-state index contributed by atoms with van der Waals surface area (Å²) in [4.78, 5) is 0. The van der Waals surface area contributed by atoms with Crippen LogP contribution in [-0.2, 0) is 0 Å². The molecule has 0 amide bonds. The molecule has 0 unspecified atom stereocenters. The highest BCUT2D eigenvalue weighted by atomic mass is 14.1. The predicted octanol–water partition coefficient (Wildman–Crippen LogP) is 3.55. The second-order valence-corrected chi connectivity index (χ2v) is 4.68. The summed E-state index contributed by atoms with van der Waals surface area (Å²) in [5.41, 5.74) is 1.41. The van der Waals surface area contributed by atoms with Gasteiger partial charge in [-0.15, -0.1) is 0 Å². The number of hydrogen-bond acceptors (Lipinski definition) is 0. The average Bonchev–Trinajstić information content (AvgIpc) is 2.23. The molecule has 79 valence electrons. The van der Waals surface area contributed by atoms with Crippen LogP contribution in [-0.4, -0.2) is 7.28 Å². The summed E-state index contributed by atoms with van der Waals surface area (Å²) >= 11 is 0. The zero-order valence-electron chi connectivity index (χ0n) is 9.49. The molecule has 1 heteroatoms. The molecule has 0 aromatic heterocycles. The van der Waals surface area contributed by atoms with Crippen LogP contribution in [0.4, 0.5) is 0 Å². The van der Waals surface area contributed by atoms with E-state index in [0.717, 1.165) is 5.82 Å². The smallest absolute Gasteiger partial charge is 0.0875 e. The molecule has 0 atom stereocenters. The fraction of sp³-hybridized carbons (Fsp3) is 0.571. The van der Waals surface area contributed by atoms with Crippen molar-refractivity contribution in [1.82, 2.24) is 0 Å². The Balaban J connectivity index is 1.86. The minimum absolute atomic E-state index is 0.827. The molecule has 2 rings (SSSR count). The van der Waals surface area contributed by atoms with Crippen LogP contribution < -0.4 is 5.46 Å². The fourth-order valence-corrected chi connectivity index (χ4v) is 2.49. The highest BCUT2D eigenvalue weighted by Crippen LogP contribution is 2.25. The van der Waals surface area contributed by atoms with E-state index < -0.39 is 0 Å². The lowest BCUT2D eigenvalue weighted by Gasteiger charge is -2.18.